The molecule has 0 saturated carbocycles. The van der Waals surface area contributed by atoms with Crippen molar-refractivity contribution in [3.8, 4) is 0 Å². The molecule has 1 aromatic carbocycles. The van der Waals surface area contributed by atoms with Crippen LogP contribution in [-0.4, -0.2) is 0 Å². The van der Waals surface area contributed by atoms with Crippen molar-refractivity contribution in [3.63, 3.8) is 0 Å². The molecule has 0 radical (unpaired) electrons. The molecule has 1 nitrogen and oxygen atoms in total. The molecule has 0 fully saturated rings. The first-order valence-electron chi connectivity index (χ1n) is 4.35. The second-order valence-corrected chi connectivity index (χ2v) is 4.39. The molecule has 3 heteroatoms. The Labute approximate surface area is 91.9 Å². The van der Waals surface area contributed by atoms with Crippen molar-refractivity contribution in [3.05, 3.63) is 46.2 Å². The molecule has 0 saturated heterocycles. The Morgan fingerprint density at radius 3 is 2.71 bits per heavy atom. The summed E-state index contributed by atoms with van der Waals surface area (Å²) in [5.74, 6) is -0.272. The third-order valence-electron chi connectivity index (χ3n) is 1.88. The van der Waals surface area contributed by atoms with Crippen molar-refractivity contribution in [1.29, 1.82) is 0 Å². The van der Waals surface area contributed by atoms with Crippen molar-refractivity contribution >= 4 is 15.9 Å². The quantitative estimate of drug-likeness (QED) is 0.824. The second kappa shape index (κ2) is 4.71. The predicted octanol–water partition coefficient (Wildman–Crippen LogP) is 3.55. The zero-order chi connectivity index (χ0) is 10.7. The topological polar surface area (TPSA) is 26.0 Å². The van der Waals surface area contributed by atoms with Gasteiger partial charge in [0, 0.05) is 10.5 Å². The molecule has 1 atom stereocenters. The standard InChI is InChI=1S/C11H13BrFN/c1-7(2)3-11(14)8-4-9(12)6-10(13)5-8/h4-6,11H,1,3,14H2,2H3. The van der Waals surface area contributed by atoms with Gasteiger partial charge in [-0.15, -0.1) is 6.58 Å². The number of benzene rings is 1. The molecule has 0 bridgehead atoms. The zero-order valence-electron chi connectivity index (χ0n) is 8.06. The van der Waals surface area contributed by atoms with Crippen LogP contribution in [0.3, 0.4) is 0 Å². The van der Waals surface area contributed by atoms with Crippen LogP contribution in [-0.2, 0) is 0 Å². The highest BCUT2D eigenvalue weighted by Crippen LogP contribution is 2.22. The Morgan fingerprint density at radius 1 is 1.57 bits per heavy atom. The lowest BCUT2D eigenvalue weighted by Gasteiger charge is -2.12. The van der Waals surface area contributed by atoms with Crippen LogP contribution in [0.5, 0.6) is 0 Å². The first-order valence-corrected chi connectivity index (χ1v) is 5.14. The first kappa shape index (κ1) is 11.4. The van der Waals surface area contributed by atoms with E-state index in [4.69, 9.17) is 5.73 Å². The summed E-state index contributed by atoms with van der Waals surface area (Å²) < 4.78 is 13.7. The second-order valence-electron chi connectivity index (χ2n) is 3.47. The van der Waals surface area contributed by atoms with Crippen LogP contribution < -0.4 is 5.73 Å². The highest BCUT2D eigenvalue weighted by Gasteiger charge is 2.08. The molecule has 0 aliphatic heterocycles. The highest BCUT2D eigenvalue weighted by atomic mass is 79.9. The summed E-state index contributed by atoms with van der Waals surface area (Å²) in [6.07, 6.45) is 0.676. The monoisotopic (exact) mass is 257 g/mol. The summed E-state index contributed by atoms with van der Waals surface area (Å²) in [6, 6.07) is 4.52. The third-order valence-corrected chi connectivity index (χ3v) is 2.34. The van der Waals surface area contributed by atoms with E-state index in [-0.39, 0.29) is 11.9 Å². The van der Waals surface area contributed by atoms with Crippen LogP contribution in [0, 0.1) is 5.82 Å². The van der Waals surface area contributed by atoms with Crippen molar-refractivity contribution in [1.82, 2.24) is 0 Å². The molecular formula is C11H13BrFN. The lowest BCUT2D eigenvalue weighted by molar-refractivity contribution is 0.617. The van der Waals surface area contributed by atoms with E-state index >= 15 is 0 Å². The average Bonchev–Trinajstić information content (AvgIpc) is 2.00. The van der Waals surface area contributed by atoms with Crippen molar-refractivity contribution in [2.75, 3.05) is 0 Å². The maximum atomic E-state index is 13.0. The minimum Gasteiger partial charge on any atom is -0.324 e. The van der Waals surface area contributed by atoms with Gasteiger partial charge in [0.2, 0.25) is 0 Å². The number of hydrogen-bond donors (Lipinski definition) is 1. The first-order chi connectivity index (χ1) is 6.49. The minimum absolute atomic E-state index is 0.181. The summed E-state index contributed by atoms with van der Waals surface area (Å²) in [5, 5.41) is 0. The molecule has 1 aromatic rings. The van der Waals surface area contributed by atoms with Gasteiger partial charge in [0.05, 0.1) is 0 Å². The summed E-state index contributed by atoms with van der Waals surface area (Å²) >= 11 is 3.23. The van der Waals surface area contributed by atoms with E-state index in [1.165, 1.54) is 12.1 Å². The van der Waals surface area contributed by atoms with Gasteiger partial charge in [-0.25, -0.2) is 4.39 Å². The molecule has 76 valence electrons. The highest BCUT2D eigenvalue weighted by molar-refractivity contribution is 9.10. The normalized spacial score (nSPS) is 12.6. The lowest BCUT2D eigenvalue weighted by Crippen LogP contribution is -2.10. The average molecular weight is 258 g/mol. The van der Waals surface area contributed by atoms with E-state index in [0.29, 0.717) is 10.9 Å². The largest absolute Gasteiger partial charge is 0.324 e. The Kier molecular flexibility index (Phi) is 3.84. The SMILES string of the molecule is C=C(C)CC(N)c1cc(F)cc(Br)c1. The van der Waals surface area contributed by atoms with Crippen molar-refractivity contribution in [2.24, 2.45) is 5.73 Å². The lowest BCUT2D eigenvalue weighted by atomic mass is 10.0. The van der Waals surface area contributed by atoms with E-state index in [9.17, 15) is 4.39 Å². The summed E-state index contributed by atoms with van der Waals surface area (Å²) in [6.45, 7) is 5.69. The Morgan fingerprint density at radius 2 is 2.21 bits per heavy atom. The van der Waals surface area contributed by atoms with Crippen molar-refractivity contribution in [2.45, 2.75) is 19.4 Å². The fourth-order valence-electron chi connectivity index (χ4n) is 1.28. The van der Waals surface area contributed by atoms with E-state index in [0.717, 1.165) is 11.1 Å². The van der Waals surface area contributed by atoms with Gasteiger partial charge < -0.3 is 5.73 Å². The summed E-state index contributed by atoms with van der Waals surface area (Å²) in [7, 11) is 0. The van der Waals surface area contributed by atoms with Crippen LogP contribution >= 0.6 is 15.9 Å². The van der Waals surface area contributed by atoms with Crippen LogP contribution in [0.15, 0.2) is 34.8 Å². The zero-order valence-corrected chi connectivity index (χ0v) is 9.64. The van der Waals surface area contributed by atoms with E-state index < -0.39 is 0 Å². The summed E-state index contributed by atoms with van der Waals surface area (Å²) in [5.41, 5.74) is 7.67. The van der Waals surface area contributed by atoms with E-state index in [2.05, 4.69) is 22.5 Å². The molecule has 1 rings (SSSR count). The minimum atomic E-state index is -0.272. The molecule has 1 unspecified atom stereocenters. The maximum Gasteiger partial charge on any atom is 0.124 e. The molecule has 0 aromatic heterocycles. The Bertz CT molecular complexity index is 329. The number of hydrogen-bond acceptors (Lipinski definition) is 1. The number of nitrogens with two attached hydrogens (primary N) is 1. The molecule has 2 N–H and O–H groups in total. The van der Waals surface area contributed by atoms with Crippen LogP contribution in [0.2, 0.25) is 0 Å². The third kappa shape index (κ3) is 3.24. The molecule has 0 aliphatic carbocycles. The van der Waals surface area contributed by atoms with Gasteiger partial charge in [-0.3, -0.25) is 0 Å². The van der Waals surface area contributed by atoms with E-state index in [1.807, 2.05) is 13.0 Å². The van der Waals surface area contributed by atoms with E-state index in [1.54, 1.807) is 0 Å². The molecule has 0 heterocycles. The predicted molar refractivity (Wildman–Crippen MR) is 60.5 cm³/mol. The smallest absolute Gasteiger partial charge is 0.124 e. The maximum absolute atomic E-state index is 13.0. The molecular weight excluding hydrogens is 245 g/mol. The molecule has 14 heavy (non-hydrogen) atoms. The molecule has 0 spiro atoms. The molecule has 0 amide bonds. The summed E-state index contributed by atoms with van der Waals surface area (Å²) in [4.78, 5) is 0. The van der Waals surface area contributed by atoms with Crippen LogP contribution in [0.25, 0.3) is 0 Å². The van der Waals surface area contributed by atoms with Crippen LogP contribution in [0.4, 0.5) is 4.39 Å². The van der Waals surface area contributed by atoms with Gasteiger partial charge >= 0.3 is 0 Å². The van der Waals surface area contributed by atoms with Gasteiger partial charge in [0.15, 0.2) is 0 Å². The van der Waals surface area contributed by atoms with Gasteiger partial charge in [-0.2, -0.15) is 0 Å². The van der Waals surface area contributed by atoms with Crippen molar-refractivity contribution < 1.29 is 4.39 Å². The van der Waals surface area contributed by atoms with Gasteiger partial charge in [0.1, 0.15) is 5.82 Å². The fourth-order valence-corrected chi connectivity index (χ4v) is 1.77. The number of halogens is 2. The molecule has 0 aliphatic rings. The fraction of sp³-hybridized carbons (Fsp3) is 0.273. The van der Waals surface area contributed by atoms with Crippen LogP contribution in [0.1, 0.15) is 24.9 Å². The van der Waals surface area contributed by atoms with Gasteiger partial charge in [0.25, 0.3) is 0 Å². The Balaban J connectivity index is 2.89. The Hall–Kier alpha value is -0.670. The van der Waals surface area contributed by atoms with Gasteiger partial charge in [-0.1, -0.05) is 21.5 Å². The van der Waals surface area contributed by atoms with Gasteiger partial charge in [-0.05, 0) is 37.1 Å². The number of rotatable bonds is 3.